The van der Waals surface area contributed by atoms with E-state index in [2.05, 4.69) is 20.9 Å². The first-order chi connectivity index (χ1) is 40.4. The molecule has 4 heterocycles. The third kappa shape index (κ3) is 16.9. The number of nitrogens with two attached hydrogens (primary N) is 1. The molecule has 22 heteroatoms. The number of hydrogen-bond donors (Lipinski definition) is 5. The fraction of sp³-hybridized carbons (Fsp3) is 0.571. The first-order valence-electron chi connectivity index (χ1n) is 29.4. The zero-order valence-corrected chi connectivity index (χ0v) is 50.8. The minimum atomic E-state index is -1.65. The lowest BCUT2D eigenvalue weighted by Gasteiger charge is -2.41. The molecule has 3 aromatic rings. The van der Waals surface area contributed by atoms with E-state index >= 15 is 0 Å². The van der Waals surface area contributed by atoms with Crippen molar-refractivity contribution >= 4 is 81.3 Å². The number of aromatic nitrogens is 1. The van der Waals surface area contributed by atoms with Crippen LogP contribution >= 0.6 is 11.6 Å². The molecule has 462 valence electrons. The number of unbranched alkanes of at least 4 members (excludes halogenated alkanes) is 2. The first kappa shape index (κ1) is 65.6. The Bertz CT molecular complexity index is 3020. The number of allylic oxidation sites excluding steroid dienone is 3. The van der Waals surface area contributed by atoms with Crippen LogP contribution in [0.5, 0.6) is 5.75 Å². The lowest BCUT2D eigenvalue weighted by Crippen LogP contribution is -2.53. The molecule has 2 aromatic carbocycles. The maximum atomic E-state index is 14.6. The van der Waals surface area contributed by atoms with E-state index in [1.54, 1.807) is 69.4 Å². The van der Waals surface area contributed by atoms with Gasteiger partial charge in [-0.2, -0.15) is 0 Å². The summed E-state index contributed by atoms with van der Waals surface area (Å²) < 4.78 is 35.2. The fourth-order valence-corrected chi connectivity index (χ4v) is 11.9. The minimum Gasteiger partial charge on any atom is -0.495 e. The van der Waals surface area contributed by atoms with Crippen LogP contribution in [0.3, 0.4) is 0 Å². The Balaban J connectivity index is 1.09. The van der Waals surface area contributed by atoms with Crippen molar-refractivity contribution in [3.63, 3.8) is 0 Å². The second-order valence-corrected chi connectivity index (χ2v) is 24.0. The zero-order valence-electron chi connectivity index (χ0n) is 50.0. The van der Waals surface area contributed by atoms with Crippen molar-refractivity contribution in [3.8, 4) is 5.75 Å². The van der Waals surface area contributed by atoms with Gasteiger partial charge in [0.1, 0.15) is 46.1 Å². The van der Waals surface area contributed by atoms with Crippen molar-refractivity contribution < 1.29 is 71.9 Å². The van der Waals surface area contributed by atoms with Crippen LogP contribution in [0, 0.1) is 23.7 Å². The summed E-state index contributed by atoms with van der Waals surface area (Å²) in [5, 5.41) is 21.0. The van der Waals surface area contributed by atoms with E-state index in [1.807, 2.05) is 26.8 Å². The number of fused-ring (bicyclic) bond motifs is 6. The highest BCUT2D eigenvalue weighted by Crippen LogP contribution is 2.50. The van der Waals surface area contributed by atoms with Crippen LogP contribution in [0.25, 0.3) is 10.9 Å². The van der Waals surface area contributed by atoms with Gasteiger partial charge in [-0.3, -0.25) is 39.1 Å². The number of rotatable bonds is 23. The van der Waals surface area contributed by atoms with E-state index < -0.39 is 89.8 Å². The summed E-state index contributed by atoms with van der Waals surface area (Å²) in [4.78, 5) is 113. The number of primary amides is 1. The summed E-state index contributed by atoms with van der Waals surface area (Å²) in [6.07, 6.45) is 6.97. The van der Waals surface area contributed by atoms with E-state index in [9.17, 15) is 43.5 Å². The van der Waals surface area contributed by atoms with Gasteiger partial charge in [0, 0.05) is 69.8 Å². The molecule has 4 bridgehead atoms. The molecule has 1 aromatic heterocycles. The minimum absolute atomic E-state index is 0.00398. The standard InChI is InChI=1S/C63H83ClN6O15/c1-36(2)44(32-42(71)19-10-9-11-27-82-59(76)40-17-13-18-40)58(75)68-45(21-15-26-67-60(65)77)48(72)31-41-23-24-46(56-43(41)20-14-25-66-56)69-61(78)84-52-33-53(73)70(6)47-29-39(30-49(80-7)55(47)64)28-37(3)16-12-22-51(81-8)63(79)34-50(83-54(74)35-63)38(4)57-62(52,5)85-57/h12,14,16,20,22-25,29-30,36,38,40,44-45,50-52,57,79H,9-11,13,15,17-19,21,26-28,31-35H2,1-8H3,(H,68,75)(H,69,78)(H3,65,67,77)/b22-12+,37-16+/t38-,44+,45+,50+,51-,52+,57+,62+,63-/m1/s1. The molecular weight excluding hydrogens is 1120 g/mol. The molecule has 0 radical (unpaired) electrons. The topological polar surface area (TPSA) is 294 Å². The van der Waals surface area contributed by atoms with Crippen LogP contribution < -0.4 is 31.3 Å². The largest absolute Gasteiger partial charge is 0.495 e. The van der Waals surface area contributed by atoms with Crippen LogP contribution in [-0.4, -0.2) is 134 Å². The Morgan fingerprint density at radius 3 is 2.49 bits per heavy atom. The molecule has 2 saturated heterocycles. The molecule has 85 heavy (non-hydrogen) atoms. The van der Waals surface area contributed by atoms with Gasteiger partial charge >= 0.3 is 24.1 Å². The van der Waals surface area contributed by atoms with Crippen LogP contribution in [0.15, 0.2) is 66.4 Å². The maximum absolute atomic E-state index is 14.6. The van der Waals surface area contributed by atoms with Gasteiger partial charge in [0.25, 0.3) is 0 Å². The molecule has 7 rings (SSSR count). The number of pyridine rings is 1. The molecule has 4 aliphatic rings. The number of Topliss-reactive ketones (excluding diaryl/α,β-unsaturated/α-hetero) is 2. The van der Waals surface area contributed by atoms with Crippen molar-refractivity contribution in [2.24, 2.45) is 29.4 Å². The van der Waals surface area contributed by atoms with Crippen molar-refractivity contribution in [3.05, 3.63) is 82.5 Å². The van der Waals surface area contributed by atoms with Gasteiger partial charge < -0.3 is 54.8 Å². The zero-order chi connectivity index (χ0) is 61.8. The van der Waals surface area contributed by atoms with E-state index in [0.29, 0.717) is 60.2 Å². The van der Waals surface area contributed by atoms with Crippen LogP contribution in [0.4, 0.5) is 21.0 Å². The molecule has 1 saturated carbocycles. The predicted octanol–water partition coefficient (Wildman–Crippen LogP) is 8.35. The number of nitrogens with zero attached hydrogens (tertiary/aromatic N) is 2. The van der Waals surface area contributed by atoms with Crippen molar-refractivity contribution in [2.45, 2.75) is 173 Å². The smallest absolute Gasteiger partial charge is 0.412 e. The molecule has 0 spiro atoms. The van der Waals surface area contributed by atoms with Crippen LogP contribution in [-0.2, 0) is 65.3 Å². The predicted molar refractivity (Wildman–Crippen MR) is 318 cm³/mol. The second kappa shape index (κ2) is 29.4. The average molecular weight is 1200 g/mol. The number of hydrogen-bond acceptors (Lipinski definition) is 16. The Kier molecular flexibility index (Phi) is 22.7. The summed E-state index contributed by atoms with van der Waals surface area (Å²) in [5.74, 6) is -3.40. The second-order valence-electron chi connectivity index (χ2n) is 23.6. The highest BCUT2D eigenvalue weighted by molar-refractivity contribution is 6.35. The van der Waals surface area contributed by atoms with Gasteiger partial charge in [-0.1, -0.05) is 74.7 Å². The molecule has 3 fully saturated rings. The molecule has 0 unspecified atom stereocenters. The van der Waals surface area contributed by atoms with Crippen molar-refractivity contribution in [1.82, 2.24) is 15.6 Å². The first-order valence-corrected chi connectivity index (χ1v) is 29.8. The molecule has 1 aliphatic carbocycles. The SMILES string of the molecule is COc1cc2cc(c1Cl)N(C)C(=O)C[C@H](OC(=O)Nc1ccc(CC(=O)[C@H](CCCNC(N)=O)NC(=O)[C@@H](CC(=O)CCCCCOC(=O)C3CCC3)C(C)C)c3cccnc13)[C@]1(C)O[C@H]1[C@H](C)[C@@H]1C[C@@](O)(CC(=O)O1)[C@H](OC)/C=C/C=C(\C)C2. The van der Waals surface area contributed by atoms with Crippen molar-refractivity contribution in [1.29, 1.82) is 0 Å². The molecule has 3 aliphatic heterocycles. The van der Waals surface area contributed by atoms with Gasteiger partial charge in [-0.15, -0.1) is 0 Å². The highest BCUT2D eigenvalue weighted by Gasteiger charge is 2.64. The van der Waals surface area contributed by atoms with Gasteiger partial charge in [0.15, 0.2) is 5.78 Å². The summed E-state index contributed by atoms with van der Waals surface area (Å²) >= 11 is 6.88. The number of anilines is 2. The maximum Gasteiger partial charge on any atom is 0.412 e. The van der Waals surface area contributed by atoms with Gasteiger partial charge in [-0.05, 0) is 107 Å². The number of carbonyl (C=O) groups excluding carboxylic acids is 8. The Labute approximate surface area is 501 Å². The number of methoxy groups -OCH3 is 2. The number of amides is 5. The summed E-state index contributed by atoms with van der Waals surface area (Å²) in [5.41, 5.74) is 5.38. The number of aliphatic hydroxyl groups is 1. The summed E-state index contributed by atoms with van der Waals surface area (Å²) in [6, 6.07) is 8.42. The molecular formula is C63H83ClN6O15. The third-order valence-corrected chi connectivity index (χ3v) is 17.3. The highest BCUT2D eigenvalue weighted by atomic mass is 35.5. The van der Waals surface area contributed by atoms with E-state index in [0.717, 1.165) is 30.4 Å². The normalized spacial score (nSPS) is 25.2. The van der Waals surface area contributed by atoms with Gasteiger partial charge in [0.05, 0.1) is 61.5 Å². The molecule has 5 amide bonds. The number of halogens is 1. The lowest BCUT2D eigenvalue weighted by molar-refractivity contribution is -0.187. The molecule has 21 nitrogen and oxygen atoms in total. The van der Waals surface area contributed by atoms with Crippen molar-refractivity contribution in [2.75, 3.05) is 44.6 Å². The number of nitrogens with one attached hydrogen (secondary N) is 3. The van der Waals surface area contributed by atoms with Crippen LogP contribution in [0.2, 0.25) is 5.02 Å². The quantitative estimate of drug-likeness (QED) is 0.0258. The van der Waals surface area contributed by atoms with Crippen LogP contribution in [0.1, 0.15) is 129 Å². The van der Waals surface area contributed by atoms with Gasteiger partial charge in [0.2, 0.25) is 11.8 Å². The Morgan fingerprint density at radius 2 is 1.80 bits per heavy atom. The summed E-state index contributed by atoms with van der Waals surface area (Å²) in [7, 11) is 4.48. The number of benzene rings is 2. The number of epoxide rings is 1. The van der Waals surface area contributed by atoms with E-state index in [1.165, 1.54) is 25.3 Å². The lowest BCUT2D eigenvalue weighted by atomic mass is 9.78. The number of urea groups is 1. The number of esters is 2. The number of carbonyl (C=O) groups is 8. The van der Waals surface area contributed by atoms with E-state index in [-0.39, 0.29) is 91.6 Å². The fourth-order valence-electron chi connectivity index (χ4n) is 11.5. The third-order valence-electron chi connectivity index (χ3n) is 17.0. The Morgan fingerprint density at radius 1 is 1.04 bits per heavy atom. The average Bonchev–Trinajstić information content (AvgIpc) is 1.64. The number of ketones is 2. The number of ether oxygens (including phenoxy) is 6. The molecule has 6 N–H and O–H groups in total. The van der Waals surface area contributed by atoms with Gasteiger partial charge in [-0.25, -0.2) is 9.59 Å². The molecule has 9 atom stereocenters. The summed E-state index contributed by atoms with van der Waals surface area (Å²) in [6.45, 7) is 9.55. The van der Waals surface area contributed by atoms with E-state index in [4.69, 9.17) is 45.8 Å². The monoisotopic (exact) mass is 1200 g/mol. The Hall–Kier alpha value is -6.94.